The molecule has 37 heteroatoms. The Bertz CT molecular complexity index is 3220. The Hall–Kier alpha value is -7.88. The van der Waals surface area contributed by atoms with Crippen LogP contribution in [0.15, 0.2) is 58.6 Å². The van der Waals surface area contributed by atoms with Crippen molar-refractivity contribution in [2.24, 2.45) is 0 Å². The number of rotatable bonds is 29. The van der Waals surface area contributed by atoms with Crippen LogP contribution in [-0.4, -0.2) is 250 Å². The van der Waals surface area contributed by atoms with Crippen LogP contribution in [0.3, 0.4) is 0 Å². The molecule has 2 aromatic heterocycles. The van der Waals surface area contributed by atoms with Crippen molar-refractivity contribution in [3.8, 4) is 0 Å². The normalized spacial score (nSPS) is 14.8. The van der Waals surface area contributed by atoms with E-state index in [1.807, 2.05) is 16.7 Å². The van der Waals surface area contributed by atoms with Crippen LogP contribution in [0.25, 0.3) is 10.9 Å². The third kappa shape index (κ3) is 28.1. The van der Waals surface area contributed by atoms with Crippen molar-refractivity contribution < 1.29 is 108 Å². The molecule has 1 aliphatic heterocycles. The summed E-state index contributed by atoms with van der Waals surface area (Å²) in [6.07, 6.45) is -4.95. The number of imidazole rings is 1. The second kappa shape index (κ2) is 39.0. The van der Waals surface area contributed by atoms with Crippen LogP contribution in [-0.2, 0) is 76.2 Å². The zero-order valence-corrected chi connectivity index (χ0v) is 53.1. The predicted octanol–water partition coefficient (Wildman–Crippen LogP) is 1.64. The van der Waals surface area contributed by atoms with Gasteiger partial charge in [-0.3, -0.25) is 48.4 Å². The maximum absolute atomic E-state index is 14.0. The molecule has 0 saturated carbocycles. The standard InChI is InChI=1S/C52H78N12O14S.2C2HF3O2/c1-8-42(58-45(65)34-62-20-18-60(24-26-77-75-6)16-17-61(25-27-78-76-7)19-21-63(23-22-62)35-46(66)74-5)50(69)53-12-9-15-64-33-41(47(67)40-11-10-39(30-44(40)64)31-57-52-54-13-14-55-52)49(68)56-32-43(51(70)71)59-79(72,73)48-37(3)28-36(2)29-38(48)4;2*3-2(4,5)1(6)7/h10-11,13-14,28-30,33,42-43,59H,8-9,12,15-27,31-32,34-35H2,1-7H3,(H,53,69)(H,56,68)(H,58,65)(H,70,71)(H2,54,55,57);2*(H,6,7)/t42-,43?;;/m0../s1. The van der Waals surface area contributed by atoms with E-state index in [1.165, 1.54) is 27.5 Å². The zero-order valence-electron chi connectivity index (χ0n) is 52.2. The molecule has 0 radical (unpaired) electrons. The van der Waals surface area contributed by atoms with Gasteiger partial charge in [0.05, 0.1) is 58.0 Å². The minimum atomic E-state index is -5.08. The monoisotopic (exact) mass is 1350 g/mol. The lowest BCUT2D eigenvalue weighted by Crippen LogP contribution is -2.52. The van der Waals surface area contributed by atoms with E-state index in [4.69, 9.17) is 44.1 Å². The Labute approximate surface area is 531 Å². The highest BCUT2D eigenvalue weighted by atomic mass is 32.2. The molecule has 9 N–H and O–H groups in total. The summed E-state index contributed by atoms with van der Waals surface area (Å²) in [6.45, 7) is 13.2. The Morgan fingerprint density at radius 2 is 1.26 bits per heavy atom. The number of carbonyl (C=O) groups is 7. The highest BCUT2D eigenvalue weighted by molar-refractivity contribution is 7.89. The fourth-order valence-corrected chi connectivity index (χ4v) is 10.9. The molecule has 0 aliphatic carbocycles. The molecule has 4 aromatic rings. The number of hydrogen-bond acceptors (Lipinski definition) is 21. The molecule has 30 nitrogen and oxygen atoms in total. The molecular weight excluding hydrogens is 1270 g/mol. The van der Waals surface area contributed by atoms with Gasteiger partial charge in [0.25, 0.3) is 5.91 Å². The van der Waals surface area contributed by atoms with E-state index >= 15 is 0 Å². The van der Waals surface area contributed by atoms with Crippen LogP contribution in [0, 0.1) is 20.8 Å². The number of carboxylic acid groups (broad SMARTS) is 3. The van der Waals surface area contributed by atoms with Crippen LogP contribution >= 0.6 is 0 Å². The van der Waals surface area contributed by atoms with Crippen LogP contribution < -0.4 is 31.4 Å². The van der Waals surface area contributed by atoms with E-state index in [1.54, 1.807) is 68.1 Å². The van der Waals surface area contributed by atoms with Crippen molar-refractivity contribution in [1.29, 1.82) is 0 Å². The van der Waals surface area contributed by atoms with Crippen molar-refractivity contribution in [3.05, 3.63) is 87.0 Å². The molecule has 1 unspecified atom stereocenters. The van der Waals surface area contributed by atoms with E-state index in [0.29, 0.717) is 114 Å². The number of pyridine rings is 1. The first-order valence-electron chi connectivity index (χ1n) is 28.7. The summed E-state index contributed by atoms with van der Waals surface area (Å²) < 4.78 is 99.3. The van der Waals surface area contributed by atoms with Gasteiger partial charge in [0.1, 0.15) is 17.6 Å². The van der Waals surface area contributed by atoms with Gasteiger partial charge in [0, 0.05) is 116 Å². The fraction of sp³-hybridized carbons (Fsp3) is 0.554. The zero-order chi connectivity index (χ0) is 69.6. The van der Waals surface area contributed by atoms with Gasteiger partial charge in [-0.1, -0.05) is 30.7 Å². The first-order valence-corrected chi connectivity index (χ1v) is 30.2. The largest absolute Gasteiger partial charge is 0.490 e. The number of aryl methyl sites for hydroxylation is 4. The second-order valence-corrected chi connectivity index (χ2v) is 22.4. The average Bonchev–Trinajstić information content (AvgIpc) is 1.00. The first kappa shape index (κ1) is 79.4. The number of fused-ring (bicyclic) bond motifs is 1. The number of aromatic nitrogens is 3. The number of H-pyrrole nitrogens is 1. The van der Waals surface area contributed by atoms with E-state index < -0.39 is 76.2 Å². The van der Waals surface area contributed by atoms with Gasteiger partial charge in [-0.25, -0.2) is 42.5 Å². The van der Waals surface area contributed by atoms with Gasteiger partial charge in [0.15, 0.2) is 5.95 Å². The number of carbonyl (C=O) groups excluding carboxylic acids is 4. The average molecular weight is 1360 g/mol. The minimum absolute atomic E-state index is 0.0213. The summed E-state index contributed by atoms with van der Waals surface area (Å²) in [5.41, 5.74) is 1.96. The molecule has 2 aromatic carbocycles. The van der Waals surface area contributed by atoms with E-state index in [9.17, 15) is 68.6 Å². The topological polar surface area (TPSA) is 384 Å². The van der Waals surface area contributed by atoms with E-state index in [2.05, 4.69) is 45.8 Å². The molecule has 1 aliphatic rings. The third-order valence-corrected chi connectivity index (χ3v) is 15.6. The molecule has 2 atom stereocenters. The third-order valence-electron chi connectivity index (χ3n) is 13.8. The lowest BCUT2D eigenvalue weighted by atomic mass is 10.1. The summed E-state index contributed by atoms with van der Waals surface area (Å²) in [5.74, 6) is -8.61. The highest BCUT2D eigenvalue weighted by Gasteiger charge is 2.39. The highest BCUT2D eigenvalue weighted by Crippen LogP contribution is 2.23. The fourth-order valence-electron chi connectivity index (χ4n) is 9.22. The van der Waals surface area contributed by atoms with Crippen molar-refractivity contribution in [2.45, 2.75) is 83.0 Å². The lowest BCUT2D eigenvalue weighted by molar-refractivity contribution is -0.274. The Kier molecular flexibility index (Phi) is 33.3. The number of aromatic amines is 1. The predicted molar refractivity (Wildman–Crippen MR) is 320 cm³/mol. The number of ether oxygens (including phenoxy) is 1. The Morgan fingerprint density at radius 1 is 0.731 bits per heavy atom. The number of amides is 3. The molecule has 3 heterocycles. The number of hydrogen-bond donors (Lipinski definition) is 9. The van der Waals surface area contributed by atoms with Crippen molar-refractivity contribution in [3.63, 3.8) is 0 Å². The summed E-state index contributed by atoms with van der Waals surface area (Å²) >= 11 is 0. The van der Waals surface area contributed by atoms with Crippen LogP contribution in [0.5, 0.6) is 0 Å². The number of halogens is 6. The number of esters is 1. The number of nitrogens with zero attached hydrogens (tertiary/aromatic N) is 6. The van der Waals surface area contributed by atoms with Crippen molar-refractivity contribution >= 4 is 68.5 Å². The maximum atomic E-state index is 14.0. The molecule has 1 fully saturated rings. The summed E-state index contributed by atoms with van der Waals surface area (Å²) in [7, 11) is -0.108. The number of nitrogens with one attached hydrogen (secondary N) is 6. The maximum Gasteiger partial charge on any atom is 0.490 e. The van der Waals surface area contributed by atoms with Gasteiger partial charge in [-0.15, -0.1) is 0 Å². The Morgan fingerprint density at radius 3 is 1.73 bits per heavy atom. The van der Waals surface area contributed by atoms with Gasteiger partial charge in [0.2, 0.25) is 27.3 Å². The lowest BCUT2D eigenvalue weighted by Gasteiger charge is -2.33. The van der Waals surface area contributed by atoms with Crippen molar-refractivity contribution in [2.75, 3.05) is 131 Å². The number of anilines is 1. The summed E-state index contributed by atoms with van der Waals surface area (Å²) in [6, 6.07) is 5.77. The van der Waals surface area contributed by atoms with E-state index in [-0.39, 0.29) is 60.3 Å². The number of carboxylic acids is 3. The van der Waals surface area contributed by atoms with Gasteiger partial charge < -0.3 is 50.9 Å². The minimum Gasteiger partial charge on any atom is -0.480 e. The number of sulfonamides is 1. The molecule has 0 bridgehead atoms. The number of aliphatic carboxylic acids is 3. The van der Waals surface area contributed by atoms with Gasteiger partial charge in [-0.2, -0.15) is 31.1 Å². The molecule has 93 heavy (non-hydrogen) atoms. The SMILES string of the molecule is CC[C@H](NC(=O)CN1CCN(CCOOC)CCN(CCOOC)CCN(CC(=O)OC)CC1)C(=O)NCCCn1cc(C(=O)NCC(NS(=O)(=O)c2c(C)cc(C)cc2C)C(=O)O)c(=O)c2ccc(CNc3ncc[nH]3)cc21.O=C(O)C(F)(F)F.O=C(O)C(F)(F)F. The van der Waals surface area contributed by atoms with Crippen LogP contribution in [0.4, 0.5) is 32.3 Å². The molecular formula is C56H80F6N12O18S. The van der Waals surface area contributed by atoms with Crippen LogP contribution in [0.2, 0.25) is 0 Å². The quantitative estimate of drug-likeness (QED) is 0.0123. The number of alkyl halides is 6. The summed E-state index contributed by atoms with van der Waals surface area (Å²) in [5, 5.41) is 35.9. The molecule has 5 rings (SSSR count). The molecule has 3 amide bonds. The van der Waals surface area contributed by atoms with Gasteiger partial charge >= 0.3 is 36.2 Å². The molecule has 0 spiro atoms. The molecule has 520 valence electrons. The van der Waals surface area contributed by atoms with Crippen molar-refractivity contribution in [1.82, 2.24) is 54.8 Å². The second-order valence-electron chi connectivity index (χ2n) is 20.7. The smallest absolute Gasteiger partial charge is 0.480 e. The first-order chi connectivity index (χ1) is 43.7. The molecule has 1 saturated heterocycles. The van der Waals surface area contributed by atoms with Crippen LogP contribution in [0.1, 0.15) is 52.4 Å². The van der Waals surface area contributed by atoms with E-state index in [0.717, 1.165) is 11.1 Å². The summed E-state index contributed by atoms with van der Waals surface area (Å²) in [4.78, 5) is 133. The number of methoxy groups -OCH3 is 1. The Balaban J connectivity index is 0.00000144. The number of benzene rings is 2. The van der Waals surface area contributed by atoms with Gasteiger partial charge in [-0.05, 0) is 62.4 Å².